The molecule has 3 rings (SSSR count). The Kier molecular flexibility index (Phi) is 22.9. The lowest BCUT2D eigenvalue weighted by Crippen LogP contribution is -2.35. The lowest BCUT2D eigenvalue weighted by molar-refractivity contribution is 0.0515. The van der Waals surface area contributed by atoms with Crippen molar-refractivity contribution in [1.82, 2.24) is 0 Å². The molecule has 0 nitrogen and oxygen atoms in total. The number of hydrogen-bond acceptors (Lipinski definition) is 0. The summed E-state index contributed by atoms with van der Waals surface area (Å²) in [5, 5.41) is 0. The van der Waals surface area contributed by atoms with Crippen LogP contribution in [0.2, 0.25) is 0 Å². The van der Waals surface area contributed by atoms with Crippen LogP contribution in [0.4, 0.5) is 0 Å². The summed E-state index contributed by atoms with van der Waals surface area (Å²) < 4.78 is 0. The SMILES string of the molecule is C.C.C.CCC.CCC1CC(CC)C(CC2CCC(CC3C(CC)CC(CC)CC3CC)CC2)C(CC)C1. The van der Waals surface area contributed by atoms with Crippen LogP contribution in [0.25, 0.3) is 0 Å². The molecular formula is C38H80. The molecule has 3 aliphatic rings. The van der Waals surface area contributed by atoms with E-state index in [1.807, 2.05) is 0 Å². The molecule has 3 aliphatic carbocycles. The summed E-state index contributed by atoms with van der Waals surface area (Å²) >= 11 is 0. The predicted molar refractivity (Wildman–Crippen MR) is 179 cm³/mol. The van der Waals surface area contributed by atoms with Crippen molar-refractivity contribution in [2.45, 2.75) is 187 Å². The van der Waals surface area contributed by atoms with Gasteiger partial charge >= 0.3 is 0 Å². The second-order valence-corrected chi connectivity index (χ2v) is 13.6. The van der Waals surface area contributed by atoms with Gasteiger partial charge in [-0.3, -0.25) is 0 Å². The van der Waals surface area contributed by atoms with Crippen LogP contribution in [0.5, 0.6) is 0 Å². The first-order valence-electron chi connectivity index (χ1n) is 17.0. The first kappa shape index (κ1) is 40.1. The molecule has 4 unspecified atom stereocenters. The standard InChI is InChI=1S/C32H60.C3H8.3CH4/c1-7-23-17-27(9-3)31(28(10-4)18-23)21-25-13-15-26(16-14-25)22-32-29(11-5)19-24(8-2)20-30(32)12-6;1-3-2;;;/h23-32H,7-22H2,1-6H3;3H2,1-2H3;3*1H4. The van der Waals surface area contributed by atoms with Crippen LogP contribution >= 0.6 is 0 Å². The van der Waals surface area contributed by atoms with E-state index in [2.05, 4.69) is 55.4 Å². The molecule has 0 aromatic carbocycles. The third-order valence-corrected chi connectivity index (χ3v) is 11.4. The molecule has 38 heavy (non-hydrogen) atoms. The normalized spacial score (nSPS) is 36.9. The molecule has 4 atom stereocenters. The molecule has 0 radical (unpaired) electrons. The maximum atomic E-state index is 2.49. The van der Waals surface area contributed by atoms with E-state index in [9.17, 15) is 0 Å². The van der Waals surface area contributed by atoms with E-state index in [0.717, 1.165) is 59.2 Å². The van der Waals surface area contributed by atoms with Crippen molar-refractivity contribution in [3.63, 3.8) is 0 Å². The lowest BCUT2D eigenvalue weighted by atomic mass is 9.60. The van der Waals surface area contributed by atoms with Crippen LogP contribution in [-0.4, -0.2) is 0 Å². The van der Waals surface area contributed by atoms with E-state index in [1.165, 1.54) is 44.9 Å². The molecule has 3 saturated carbocycles. The van der Waals surface area contributed by atoms with E-state index in [1.54, 1.807) is 64.2 Å². The van der Waals surface area contributed by atoms with Gasteiger partial charge < -0.3 is 0 Å². The molecule has 3 fully saturated rings. The summed E-state index contributed by atoms with van der Waals surface area (Å²) in [6, 6.07) is 0. The molecular weight excluding hydrogens is 456 g/mol. The van der Waals surface area contributed by atoms with Crippen molar-refractivity contribution in [2.24, 2.45) is 59.2 Å². The summed E-state index contributed by atoms with van der Waals surface area (Å²) in [5.41, 5.74) is 0. The van der Waals surface area contributed by atoms with Gasteiger partial charge in [0.25, 0.3) is 0 Å². The van der Waals surface area contributed by atoms with Crippen molar-refractivity contribution in [1.29, 1.82) is 0 Å². The van der Waals surface area contributed by atoms with Crippen LogP contribution in [-0.2, 0) is 0 Å². The van der Waals surface area contributed by atoms with Gasteiger partial charge in [0.15, 0.2) is 0 Å². The average Bonchev–Trinajstić information content (AvgIpc) is 2.90. The second kappa shape index (κ2) is 21.7. The van der Waals surface area contributed by atoms with E-state index in [4.69, 9.17) is 0 Å². The first-order valence-corrected chi connectivity index (χ1v) is 17.0. The van der Waals surface area contributed by atoms with Crippen LogP contribution in [0.1, 0.15) is 187 Å². The molecule has 232 valence electrons. The Bertz CT molecular complexity index is 440. The summed E-state index contributed by atoms with van der Waals surface area (Å²) in [6.45, 7) is 19.1. The third-order valence-electron chi connectivity index (χ3n) is 11.4. The topological polar surface area (TPSA) is 0 Å². The van der Waals surface area contributed by atoms with Crippen molar-refractivity contribution < 1.29 is 0 Å². The Labute approximate surface area is 245 Å². The van der Waals surface area contributed by atoms with Crippen LogP contribution in [0.15, 0.2) is 0 Å². The molecule has 0 aromatic heterocycles. The highest BCUT2D eigenvalue weighted by Crippen LogP contribution is 2.50. The number of hydrogen-bond donors (Lipinski definition) is 0. The Hall–Kier alpha value is 0. The summed E-state index contributed by atoms with van der Waals surface area (Å²) in [7, 11) is 0. The zero-order valence-corrected chi connectivity index (χ0v) is 25.8. The number of rotatable bonds is 10. The Balaban J connectivity index is 0. The molecule has 0 aliphatic heterocycles. The Morgan fingerprint density at radius 2 is 0.605 bits per heavy atom. The van der Waals surface area contributed by atoms with Gasteiger partial charge in [0, 0.05) is 0 Å². The van der Waals surface area contributed by atoms with E-state index >= 15 is 0 Å². The maximum Gasteiger partial charge on any atom is -0.0355 e. The minimum Gasteiger partial charge on any atom is -0.0776 e. The summed E-state index contributed by atoms with van der Waals surface area (Å²) in [6.07, 6.45) is 25.4. The molecule has 0 aromatic rings. The van der Waals surface area contributed by atoms with Crippen LogP contribution < -0.4 is 0 Å². The minimum atomic E-state index is 0. The molecule has 0 amide bonds. The molecule has 0 saturated heterocycles. The maximum absolute atomic E-state index is 2.49. The zero-order chi connectivity index (χ0) is 25.8. The molecule has 0 heteroatoms. The largest absolute Gasteiger partial charge is 0.0776 e. The van der Waals surface area contributed by atoms with E-state index in [-0.39, 0.29) is 22.3 Å². The van der Waals surface area contributed by atoms with Gasteiger partial charge in [-0.05, 0) is 97.7 Å². The molecule has 0 N–H and O–H groups in total. The highest BCUT2D eigenvalue weighted by Gasteiger charge is 2.39. The van der Waals surface area contributed by atoms with Gasteiger partial charge in [-0.2, -0.15) is 0 Å². The van der Waals surface area contributed by atoms with Gasteiger partial charge in [-0.25, -0.2) is 0 Å². The van der Waals surface area contributed by atoms with Gasteiger partial charge in [0.05, 0.1) is 0 Å². The summed E-state index contributed by atoms with van der Waals surface area (Å²) in [4.78, 5) is 0. The first-order chi connectivity index (χ1) is 17.0. The molecule has 0 heterocycles. The monoisotopic (exact) mass is 537 g/mol. The van der Waals surface area contributed by atoms with Crippen molar-refractivity contribution in [2.75, 3.05) is 0 Å². The van der Waals surface area contributed by atoms with Crippen molar-refractivity contribution in [3.05, 3.63) is 0 Å². The lowest BCUT2D eigenvalue weighted by Gasteiger charge is -2.45. The van der Waals surface area contributed by atoms with Gasteiger partial charge in [0.1, 0.15) is 0 Å². The van der Waals surface area contributed by atoms with Crippen molar-refractivity contribution >= 4 is 0 Å². The zero-order valence-electron chi connectivity index (χ0n) is 25.8. The highest BCUT2D eigenvalue weighted by atomic mass is 14.4. The predicted octanol–water partition coefficient (Wildman–Crippen LogP) is 13.9. The molecule has 0 bridgehead atoms. The molecule has 0 spiro atoms. The fourth-order valence-corrected chi connectivity index (χ4v) is 9.16. The van der Waals surface area contributed by atoms with Crippen LogP contribution in [0, 0.1) is 59.2 Å². The second-order valence-electron chi connectivity index (χ2n) is 13.6. The fourth-order valence-electron chi connectivity index (χ4n) is 9.16. The van der Waals surface area contributed by atoms with E-state index < -0.39 is 0 Å². The van der Waals surface area contributed by atoms with E-state index in [0.29, 0.717) is 0 Å². The van der Waals surface area contributed by atoms with Gasteiger partial charge in [-0.15, -0.1) is 0 Å². The fraction of sp³-hybridized carbons (Fsp3) is 1.00. The quantitative estimate of drug-likeness (QED) is 0.260. The minimum absolute atomic E-state index is 0. The summed E-state index contributed by atoms with van der Waals surface area (Å²) in [5.74, 6) is 10.4. The van der Waals surface area contributed by atoms with Crippen molar-refractivity contribution in [3.8, 4) is 0 Å². The Morgan fingerprint density at radius 3 is 0.789 bits per heavy atom. The smallest absolute Gasteiger partial charge is 0.0355 e. The van der Waals surface area contributed by atoms with Gasteiger partial charge in [0.2, 0.25) is 0 Å². The average molecular weight is 537 g/mol. The third kappa shape index (κ3) is 11.5. The Morgan fingerprint density at radius 1 is 0.368 bits per heavy atom. The van der Waals surface area contributed by atoms with Crippen LogP contribution in [0.3, 0.4) is 0 Å². The highest BCUT2D eigenvalue weighted by molar-refractivity contribution is 4.90. The van der Waals surface area contributed by atoms with Gasteiger partial charge in [-0.1, -0.05) is 148 Å².